The van der Waals surface area contributed by atoms with Crippen molar-refractivity contribution < 1.29 is 13.2 Å². The summed E-state index contributed by atoms with van der Waals surface area (Å²) in [5.74, 6) is -0.329. The molecule has 1 N–H and O–H groups in total. The van der Waals surface area contributed by atoms with E-state index < -0.39 is 16.1 Å². The molecular formula is C20H21N3O3S3. The first kappa shape index (κ1) is 20.2. The summed E-state index contributed by atoms with van der Waals surface area (Å²) in [5.41, 5.74) is 4.13. The number of thiophene rings is 1. The van der Waals surface area contributed by atoms with Crippen LogP contribution in [0.1, 0.15) is 24.0 Å². The molecule has 1 unspecified atom stereocenters. The van der Waals surface area contributed by atoms with Gasteiger partial charge in [0.25, 0.3) is 10.0 Å². The van der Waals surface area contributed by atoms with E-state index in [0.29, 0.717) is 24.5 Å². The maximum Gasteiger partial charge on any atom is 0.253 e. The van der Waals surface area contributed by atoms with Crippen molar-refractivity contribution in [2.24, 2.45) is 0 Å². The van der Waals surface area contributed by atoms with Crippen molar-refractivity contribution in [2.75, 3.05) is 11.9 Å². The normalized spacial score (nSPS) is 17.5. The van der Waals surface area contributed by atoms with Crippen LogP contribution in [0.3, 0.4) is 0 Å². The lowest BCUT2D eigenvalue weighted by Gasteiger charge is -2.22. The highest BCUT2D eigenvalue weighted by Crippen LogP contribution is 2.31. The topological polar surface area (TPSA) is 79.4 Å². The third-order valence-corrected chi connectivity index (χ3v) is 9.00. The number of carbonyl (C=O) groups is 1. The summed E-state index contributed by atoms with van der Waals surface area (Å²) in [6, 6.07) is 8.72. The van der Waals surface area contributed by atoms with Crippen LogP contribution >= 0.6 is 22.7 Å². The lowest BCUT2D eigenvalue weighted by molar-refractivity contribution is -0.119. The van der Waals surface area contributed by atoms with E-state index in [9.17, 15) is 13.2 Å². The van der Waals surface area contributed by atoms with E-state index in [1.54, 1.807) is 17.5 Å². The average molecular weight is 448 g/mol. The van der Waals surface area contributed by atoms with Crippen LogP contribution in [-0.4, -0.2) is 36.2 Å². The summed E-state index contributed by atoms with van der Waals surface area (Å²) < 4.78 is 27.3. The molecule has 6 nitrogen and oxygen atoms in total. The molecule has 1 saturated heterocycles. The summed E-state index contributed by atoms with van der Waals surface area (Å²) in [5, 5.41) is 6.92. The maximum atomic E-state index is 12.9. The van der Waals surface area contributed by atoms with Gasteiger partial charge in [-0.1, -0.05) is 29.8 Å². The van der Waals surface area contributed by atoms with E-state index in [1.165, 1.54) is 32.5 Å². The Balaban J connectivity index is 1.52. The van der Waals surface area contributed by atoms with Crippen LogP contribution in [0.4, 0.5) is 5.13 Å². The molecule has 0 spiro atoms. The molecule has 9 heteroatoms. The van der Waals surface area contributed by atoms with Crippen LogP contribution < -0.4 is 5.32 Å². The number of benzene rings is 1. The van der Waals surface area contributed by atoms with Gasteiger partial charge in [0.05, 0.1) is 5.69 Å². The first-order valence-corrected chi connectivity index (χ1v) is 12.5. The minimum Gasteiger partial charge on any atom is -0.301 e. The number of amides is 1. The summed E-state index contributed by atoms with van der Waals surface area (Å²) in [6.07, 6.45) is 1.17. The Hall–Kier alpha value is -2.07. The smallest absolute Gasteiger partial charge is 0.253 e. The van der Waals surface area contributed by atoms with E-state index in [2.05, 4.69) is 16.4 Å². The SMILES string of the molecule is Cc1ccc(-c2csc(NC(=O)C3CCCN3S(=O)(=O)c3cccs3)n2)c(C)c1. The fourth-order valence-corrected chi connectivity index (χ4v) is 7.05. The molecule has 3 heterocycles. The fourth-order valence-electron chi connectivity index (χ4n) is 3.56. The zero-order valence-corrected chi connectivity index (χ0v) is 18.5. The van der Waals surface area contributed by atoms with Crippen LogP contribution in [0, 0.1) is 13.8 Å². The van der Waals surface area contributed by atoms with Gasteiger partial charge in [-0.15, -0.1) is 22.7 Å². The molecule has 3 aromatic rings. The van der Waals surface area contributed by atoms with E-state index in [1.807, 2.05) is 31.4 Å². The third kappa shape index (κ3) is 4.00. The standard InChI is InChI=1S/C20H21N3O3S3/c1-13-7-8-15(14(2)11-13)16-12-28-20(21-16)22-19(24)17-5-3-9-23(17)29(25,26)18-6-4-10-27-18/h4,6-8,10-12,17H,3,5,9H2,1-2H3,(H,21,22,24). The molecule has 0 bridgehead atoms. The number of rotatable bonds is 5. The van der Waals surface area contributed by atoms with Crippen LogP contribution in [0.2, 0.25) is 0 Å². The second-order valence-electron chi connectivity index (χ2n) is 7.05. The third-order valence-electron chi connectivity index (χ3n) is 4.96. The molecule has 1 aliphatic rings. The van der Waals surface area contributed by atoms with Gasteiger partial charge in [-0.25, -0.2) is 13.4 Å². The molecule has 1 aliphatic heterocycles. The summed E-state index contributed by atoms with van der Waals surface area (Å²) >= 11 is 2.51. The molecule has 0 aliphatic carbocycles. The summed E-state index contributed by atoms with van der Waals surface area (Å²) in [4.78, 5) is 17.4. The second kappa shape index (κ2) is 7.98. The number of sulfonamides is 1. The Labute approximate surface area is 178 Å². The van der Waals surface area contributed by atoms with Crippen molar-refractivity contribution >= 4 is 43.7 Å². The molecule has 1 aromatic carbocycles. The van der Waals surface area contributed by atoms with Crippen LogP contribution in [0.5, 0.6) is 0 Å². The molecule has 2 aromatic heterocycles. The Morgan fingerprint density at radius 1 is 1.24 bits per heavy atom. The highest BCUT2D eigenvalue weighted by molar-refractivity contribution is 7.91. The van der Waals surface area contributed by atoms with Crippen LogP contribution in [0.15, 0.2) is 45.3 Å². The van der Waals surface area contributed by atoms with Gasteiger partial charge in [0.2, 0.25) is 5.91 Å². The predicted molar refractivity (Wildman–Crippen MR) is 117 cm³/mol. The molecule has 1 atom stereocenters. The Kier molecular flexibility index (Phi) is 5.56. The van der Waals surface area contributed by atoms with Gasteiger partial charge in [-0.2, -0.15) is 4.31 Å². The molecule has 0 radical (unpaired) electrons. The largest absolute Gasteiger partial charge is 0.301 e. The number of aromatic nitrogens is 1. The van der Waals surface area contributed by atoms with Gasteiger partial charge < -0.3 is 5.32 Å². The van der Waals surface area contributed by atoms with Crippen molar-refractivity contribution in [1.29, 1.82) is 0 Å². The van der Waals surface area contributed by atoms with Gasteiger partial charge in [0, 0.05) is 17.5 Å². The second-order valence-corrected chi connectivity index (χ2v) is 11.0. The van der Waals surface area contributed by atoms with Gasteiger partial charge in [-0.3, -0.25) is 4.79 Å². The highest BCUT2D eigenvalue weighted by Gasteiger charge is 2.40. The van der Waals surface area contributed by atoms with Crippen molar-refractivity contribution in [3.63, 3.8) is 0 Å². The van der Waals surface area contributed by atoms with Gasteiger partial charge in [0.15, 0.2) is 5.13 Å². The van der Waals surface area contributed by atoms with Crippen LogP contribution in [-0.2, 0) is 14.8 Å². The zero-order valence-electron chi connectivity index (χ0n) is 16.1. The molecule has 152 valence electrons. The van der Waals surface area contributed by atoms with E-state index in [0.717, 1.165) is 16.8 Å². The van der Waals surface area contributed by atoms with Crippen molar-refractivity contribution in [3.05, 3.63) is 52.2 Å². The molecular weight excluding hydrogens is 426 g/mol. The van der Waals surface area contributed by atoms with E-state index >= 15 is 0 Å². The number of anilines is 1. The minimum absolute atomic E-state index is 0.267. The average Bonchev–Trinajstić information content (AvgIpc) is 3.43. The Morgan fingerprint density at radius 3 is 2.79 bits per heavy atom. The summed E-state index contributed by atoms with van der Waals surface area (Å²) in [7, 11) is -3.66. The zero-order chi connectivity index (χ0) is 20.6. The van der Waals surface area contributed by atoms with E-state index in [-0.39, 0.29) is 10.1 Å². The molecule has 1 amide bonds. The monoisotopic (exact) mass is 447 g/mol. The minimum atomic E-state index is -3.66. The number of nitrogens with one attached hydrogen (secondary N) is 1. The first-order chi connectivity index (χ1) is 13.9. The Bertz CT molecular complexity index is 1140. The van der Waals surface area contributed by atoms with E-state index in [4.69, 9.17) is 0 Å². The molecule has 0 saturated carbocycles. The van der Waals surface area contributed by atoms with Crippen molar-refractivity contribution in [3.8, 4) is 11.3 Å². The first-order valence-electron chi connectivity index (χ1n) is 9.25. The lowest BCUT2D eigenvalue weighted by atomic mass is 10.0. The highest BCUT2D eigenvalue weighted by atomic mass is 32.2. The quantitative estimate of drug-likeness (QED) is 0.633. The fraction of sp³-hybridized carbons (Fsp3) is 0.300. The maximum absolute atomic E-state index is 12.9. The number of hydrogen-bond donors (Lipinski definition) is 1. The Morgan fingerprint density at radius 2 is 2.07 bits per heavy atom. The van der Waals surface area contributed by atoms with Crippen LogP contribution in [0.25, 0.3) is 11.3 Å². The predicted octanol–water partition coefficient (Wildman–Crippen LogP) is 4.28. The lowest BCUT2D eigenvalue weighted by Crippen LogP contribution is -2.42. The molecule has 1 fully saturated rings. The van der Waals surface area contributed by atoms with Crippen molar-refractivity contribution in [1.82, 2.24) is 9.29 Å². The number of aryl methyl sites for hydroxylation is 2. The molecule has 29 heavy (non-hydrogen) atoms. The van der Waals surface area contributed by atoms with Crippen molar-refractivity contribution in [2.45, 2.75) is 36.9 Å². The number of hydrogen-bond acceptors (Lipinski definition) is 6. The summed E-state index contributed by atoms with van der Waals surface area (Å²) in [6.45, 7) is 4.43. The number of carbonyl (C=O) groups excluding carboxylic acids is 1. The number of thiazole rings is 1. The van der Waals surface area contributed by atoms with Gasteiger partial charge >= 0.3 is 0 Å². The van der Waals surface area contributed by atoms with Gasteiger partial charge in [0.1, 0.15) is 10.3 Å². The van der Waals surface area contributed by atoms with Gasteiger partial charge in [-0.05, 0) is 43.7 Å². The molecule has 4 rings (SSSR count). The number of nitrogens with zero attached hydrogens (tertiary/aromatic N) is 2.